The van der Waals surface area contributed by atoms with E-state index in [-0.39, 0.29) is 17.1 Å². The third-order valence-electron chi connectivity index (χ3n) is 5.40. The third-order valence-corrected chi connectivity index (χ3v) is 6.29. The zero-order chi connectivity index (χ0) is 22.3. The number of halogens is 1. The Kier molecular flexibility index (Phi) is 5.41. The van der Waals surface area contributed by atoms with Crippen LogP contribution >= 0.6 is 15.9 Å². The average Bonchev–Trinajstić information content (AvgIpc) is 3.01. The summed E-state index contributed by atoms with van der Waals surface area (Å²) in [6.45, 7) is 3.81. The Morgan fingerprint density at radius 2 is 1.58 bits per heavy atom. The number of carbonyl (C=O) groups excluding carboxylic acids is 2. The lowest BCUT2D eigenvalue weighted by molar-refractivity contribution is -0.132. The van der Waals surface area contributed by atoms with Gasteiger partial charge in [-0.3, -0.25) is 14.5 Å². The molecule has 1 amide bonds. The summed E-state index contributed by atoms with van der Waals surface area (Å²) in [6, 6.07) is 18.0. The van der Waals surface area contributed by atoms with Crippen LogP contribution in [-0.2, 0) is 9.59 Å². The molecule has 0 bridgehead atoms. The zero-order valence-corrected chi connectivity index (χ0v) is 18.6. The number of hydrogen-bond donors (Lipinski definition) is 2. The first-order valence-electron chi connectivity index (χ1n) is 9.71. The van der Waals surface area contributed by atoms with E-state index in [1.807, 2.05) is 26.0 Å². The summed E-state index contributed by atoms with van der Waals surface area (Å²) < 4.78 is 0.874. The number of ketones is 1. The van der Waals surface area contributed by atoms with Gasteiger partial charge in [0.2, 0.25) is 0 Å². The number of nitrogens with zero attached hydrogens (tertiary/aromatic N) is 1. The van der Waals surface area contributed by atoms with Crippen LogP contribution in [0.5, 0.6) is 5.75 Å². The monoisotopic (exact) mass is 477 g/mol. The van der Waals surface area contributed by atoms with Crippen molar-refractivity contribution in [1.82, 2.24) is 0 Å². The molecule has 31 heavy (non-hydrogen) atoms. The normalized spacial score (nSPS) is 17.9. The number of carbonyl (C=O) groups is 2. The number of hydrogen-bond acceptors (Lipinski definition) is 4. The highest BCUT2D eigenvalue weighted by molar-refractivity contribution is 9.10. The Morgan fingerprint density at radius 1 is 0.935 bits per heavy atom. The van der Waals surface area contributed by atoms with E-state index in [4.69, 9.17) is 0 Å². The molecule has 3 aromatic carbocycles. The van der Waals surface area contributed by atoms with E-state index in [1.54, 1.807) is 42.5 Å². The summed E-state index contributed by atoms with van der Waals surface area (Å²) in [4.78, 5) is 27.6. The van der Waals surface area contributed by atoms with Crippen LogP contribution in [0.25, 0.3) is 5.76 Å². The molecule has 5 nitrogen and oxygen atoms in total. The Hall–Kier alpha value is -3.38. The van der Waals surface area contributed by atoms with Crippen LogP contribution in [0.2, 0.25) is 0 Å². The van der Waals surface area contributed by atoms with Crippen molar-refractivity contribution in [2.75, 3.05) is 4.90 Å². The quantitative estimate of drug-likeness (QED) is 0.300. The lowest BCUT2D eigenvalue weighted by Gasteiger charge is -2.25. The summed E-state index contributed by atoms with van der Waals surface area (Å²) in [7, 11) is 0. The SMILES string of the molecule is Cc1ccc(N2C(=O)C(=O)/C(=C(\O)c3ccc(Br)c(C)c3)C2c2ccc(O)cc2)cc1. The number of phenolic OH excluding ortho intramolecular Hbond substituents is 1. The van der Waals surface area contributed by atoms with Crippen LogP contribution in [-0.4, -0.2) is 21.9 Å². The van der Waals surface area contributed by atoms with Crippen molar-refractivity contribution in [3.05, 3.63) is 99.0 Å². The van der Waals surface area contributed by atoms with Crippen molar-refractivity contribution in [2.45, 2.75) is 19.9 Å². The van der Waals surface area contributed by atoms with Crippen molar-refractivity contribution in [3.8, 4) is 5.75 Å². The van der Waals surface area contributed by atoms with Crippen molar-refractivity contribution in [2.24, 2.45) is 0 Å². The van der Waals surface area contributed by atoms with Gasteiger partial charge >= 0.3 is 0 Å². The second kappa shape index (κ2) is 8.04. The van der Waals surface area contributed by atoms with Crippen LogP contribution in [0.15, 0.2) is 76.8 Å². The summed E-state index contributed by atoms with van der Waals surface area (Å²) in [5.41, 5.74) is 3.53. The number of amides is 1. The lowest BCUT2D eigenvalue weighted by atomic mass is 9.94. The number of rotatable bonds is 3. The van der Waals surface area contributed by atoms with E-state index in [0.717, 1.165) is 15.6 Å². The van der Waals surface area contributed by atoms with Crippen LogP contribution in [0.4, 0.5) is 5.69 Å². The van der Waals surface area contributed by atoms with Crippen LogP contribution < -0.4 is 4.90 Å². The highest BCUT2D eigenvalue weighted by atomic mass is 79.9. The number of Topliss-reactive ketones (excluding diaryl/α,β-unsaturated/α-hetero) is 1. The molecule has 1 unspecified atom stereocenters. The third kappa shape index (κ3) is 3.75. The Morgan fingerprint density at radius 3 is 2.19 bits per heavy atom. The highest BCUT2D eigenvalue weighted by Gasteiger charge is 2.46. The van der Waals surface area contributed by atoms with Gasteiger partial charge in [-0.1, -0.05) is 51.8 Å². The van der Waals surface area contributed by atoms with E-state index in [9.17, 15) is 19.8 Å². The van der Waals surface area contributed by atoms with E-state index < -0.39 is 17.7 Å². The van der Waals surface area contributed by atoms with Gasteiger partial charge in [0, 0.05) is 15.7 Å². The molecule has 6 heteroatoms. The van der Waals surface area contributed by atoms with Crippen molar-refractivity contribution in [3.63, 3.8) is 0 Å². The lowest BCUT2D eigenvalue weighted by Crippen LogP contribution is -2.29. The first-order valence-corrected chi connectivity index (χ1v) is 10.5. The molecular weight excluding hydrogens is 458 g/mol. The number of aryl methyl sites for hydroxylation is 2. The van der Waals surface area contributed by atoms with E-state index in [2.05, 4.69) is 15.9 Å². The van der Waals surface area contributed by atoms with E-state index >= 15 is 0 Å². The number of phenols is 1. The molecule has 1 fully saturated rings. The van der Waals surface area contributed by atoms with Gasteiger partial charge < -0.3 is 10.2 Å². The highest BCUT2D eigenvalue weighted by Crippen LogP contribution is 2.42. The van der Waals surface area contributed by atoms with Crippen molar-refractivity contribution in [1.29, 1.82) is 0 Å². The predicted molar refractivity (Wildman–Crippen MR) is 123 cm³/mol. The Balaban J connectivity index is 1.94. The van der Waals surface area contributed by atoms with Crippen LogP contribution in [0, 0.1) is 13.8 Å². The topological polar surface area (TPSA) is 77.8 Å². The molecule has 1 atom stereocenters. The molecule has 1 aliphatic heterocycles. The zero-order valence-electron chi connectivity index (χ0n) is 17.0. The molecule has 156 valence electrons. The number of aliphatic hydroxyl groups excluding tert-OH is 1. The summed E-state index contributed by atoms with van der Waals surface area (Å²) in [5, 5.41) is 20.8. The van der Waals surface area contributed by atoms with Gasteiger partial charge in [-0.05, 0) is 61.4 Å². The second-order valence-corrected chi connectivity index (χ2v) is 8.41. The molecule has 1 heterocycles. The maximum absolute atomic E-state index is 13.1. The molecule has 4 rings (SSSR count). The second-order valence-electron chi connectivity index (χ2n) is 7.56. The molecule has 0 radical (unpaired) electrons. The summed E-state index contributed by atoms with van der Waals surface area (Å²) in [6.07, 6.45) is 0. The molecule has 0 saturated carbocycles. The maximum atomic E-state index is 13.1. The minimum absolute atomic E-state index is 0.0120. The van der Waals surface area contributed by atoms with Crippen LogP contribution in [0.1, 0.15) is 28.3 Å². The average molecular weight is 478 g/mol. The summed E-state index contributed by atoms with van der Waals surface area (Å²) in [5.74, 6) is -1.63. The first kappa shape index (κ1) is 20.9. The van der Waals surface area contributed by atoms with Crippen molar-refractivity contribution >= 4 is 39.1 Å². The van der Waals surface area contributed by atoms with Gasteiger partial charge in [-0.25, -0.2) is 0 Å². The maximum Gasteiger partial charge on any atom is 0.300 e. The fourth-order valence-corrected chi connectivity index (χ4v) is 3.97. The van der Waals surface area contributed by atoms with Crippen molar-refractivity contribution < 1.29 is 19.8 Å². The number of benzene rings is 3. The molecule has 1 saturated heterocycles. The largest absolute Gasteiger partial charge is 0.508 e. The molecule has 0 aromatic heterocycles. The van der Waals surface area contributed by atoms with Gasteiger partial charge in [0.05, 0.1) is 11.6 Å². The summed E-state index contributed by atoms with van der Waals surface area (Å²) >= 11 is 3.43. The molecule has 2 N–H and O–H groups in total. The van der Waals surface area contributed by atoms with Gasteiger partial charge in [-0.2, -0.15) is 0 Å². The van der Waals surface area contributed by atoms with Gasteiger partial charge in [-0.15, -0.1) is 0 Å². The molecule has 3 aromatic rings. The van der Waals surface area contributed by atoms with Crippen LogP contribution in [0.3, 0.4) is 0 Å². The van der Waals surface area contributed by atoms with Gasteiger partial charge in [0.15, 0.2) is 0 Å². The standard InChI is InChI=1S/C25H20BrNO4/c1-14-3-8-18(9-4-14)27-22(16-5-10-19(28)11-6-16)21(24(30)25(27)31)23(29)17-7-12-20(26)15(2)13-17/h3-13,22,28-29H,1-2H3/b23-21-. The number of aliphatic hydroxyl groups is 1. The van der Waals surface area contributed by atoms with Gasteiger partial charge in [0.25, 0.3) is 11.7 Å². The Bertz CT molecular complexity index is 1210. The molecule has 0 aliphatic carbocycles. The molecule has 1 aliphatic rings. The minimum atomic E-state index is -0.827. The van der Waals surface area contributed by atoms with E-state index in [0.29, 0.717) is 16.8 Å². The predicted octanol–water partition coefficient (Wildman–Crippen LogP) is 5.40. The number of anilines is 1. The van der Waals surface area contributed by atoms with Gasteiger partial charge in [0.1, 0.15) is 11.5 Å². The fraction of sp³-hybridized carbons (Fsp3) is 0.120. The molecular formula is C25H20BrNO4. The molecule has 0 spiro atoms. The smallest absolute Gasteiger partial charge is 0.300 e. The van der Waals surface area contributed by atoms with E-state index in [1.165, 1.54) is 17.0 Å². The minimum Gasteiger partial charge on any atom is -0.508 e. The first-order chi connectivity index (χ1) is 14.8. The fourth-order valence-electron chi connectivity index (χ4n) is 3.72. The Labute approximate surface area is 188 Å². The number of aromatic hydroxyl groups is 1.